The second-order valence-corrected chi connectivity index (χ2v) is 3.95. The molecule has 0 saturated carbocycles. The fourth-order valence-corrected chi connectivity index (χ4v) is 1.14. The van der Waals surface area contributed by atoms with Crippen LogP contribution in [-0.2, 0) is 16.1 Å². The van der Waals surface area contributed by atoms with Crippen molar-refractivity contribution in [2.75, 3.05) is 6.61 Å². The maximum atomic E-state index is 11.4. The molecular weight excluding hydrogens is 226 g/mol. The van der Waals surface area contributed by atoms with Gasteiger partial charge in [-0.05, 0) is 12.3 Å². The average Bonchev–Trinajstić information content (AvgIpc) is 2.18. The fraction of sp³-hybridized carbons (Fsp3) is 0.500. The topological polar surface area (TPSA) is 30.2 Å². The van der Waals surface area contributed by atoms with E-state index in [0.29, 0.717) is 19.1 Å². The average molecular weight is 244 g/mol. The van der Waals surface area contributed by atoms with Crippen molar-refractivity contribution in [1.82, 2.24) is 0 Å². The maximum absolute atomic E-state index is 11.4. The lowest BCUT2D eigenvalue weighted by atomic mass is 10.1. The first-order valence-corrected chi connectivity index (χ1v) is 5.28. The van der Waals surface area contributed by atoms with E-state index in [1.165, 1.54) is 0 Å². The SMILES string of the molecule is CC(C)CCOC(=O)C[n+]1ccccc1.[Cl-]. The van der Waals surface area contributed by atoms with Crippen LogP contribution in [0.4, 0.5) is 0 Å². The summed E-state index contributed by atoms with van der Waals surface area (Å²) in [4.78, 5) is 11.4. The van der Waals surface area contributed by atoms with E-state index in [4.69, 9.17) is 4.74 Å². The first kappa shape index (κ1) is 14.9. The van der Waals surface area contributed by atoms with E-state index in [1.54, 1.807) is 4.57 Å². The molecule has 16 heavy (non-hydrogen) atoms. The fourth-order valence-electron chi connectivity index (χ4n) is 1.14. The molecule has 1 aromatic rings. The highest BCUT2D eigenvalue weighted by atomic mass is 35.5. The molecule has 0 spiro atoms. The predicted octanol–water partition coefficient (Wildman–Crippen LogP) is -1.43. The molecule has 0 unspecified atom stereocenters. The molecule has 3 nitrogen and oxygen atoms in total. The Morgan fingerprint density at radius 2 is 1.88 bits per heavy atom. The van der Waals surface area contributed by atoms with Gasteiger partial charge >= 0.3 is 5.97 Å². The number of rotatable bonds is 5. The second kappa shape index (κ2) is 8.11. The number of aromatic nitrogens is 1. The van der Waals surface area contributed by atoms with Crippen LogP contribution in [0.2, 0.25) is 0 Å². The lowest BCUT2D eigenvalue weighted by Crippen LogP contribution is -3.00. The Labute approximate surface area is 103 Å². The third-order valence-electron chi connectivity index (χ3n) is 2.05. The Morgan fingerprint density at radius 1 is 1.25 bits per heavy atom. The number of hydrogen-bond acceptors (Lipinski definition) is 2. The molecule has 0 fully saturated rings. The van der Waals surface area contributed by atoms with E-state index in [9.17, 15) is 4.79 Å². The van der Waals surface area contributed by atoms with Gasteiger partial charge in [-0.2, -0.15) is 4.57 Å². The Hall–Kier alpha value is -1.09. The molecule has 90 valence electrons. The molecular formula is C12H18ClNO2. The number of nitrogens with zero attached hydrogens (tertiary/aromatic N) is 1. The van der Waals surface area contributed by atoms with E-state index < -0.39 is 0 Å². The van der Waals surface area contributed by atoms with E-state index in [-0.39, 0.29) is 18.4 Å². The number of carbonyl (C=O) groups is 1. The van der Waals surface area contributed by atoms with Crippen LogP contribution in [0.5, 0.6) is 0 Å². The number of halogens is 1. The highest BCUT2D eigenvalue weighted by Gasteiger charge is 2.09. The molecule has 0 amide bonds. The number of carbonyl (C=O) groups excluding carboxylic acids is 1. The maximum Gasteiger partial charge on any atom is 0.372 e. The molecule has 1 rings (SSSR count). The van der Waals surface area contributed by atoms with Crippen LogP contribution in [0.1, 0.15) is 20.3 Å². The third kappa shape index (κ3) is 6.40. The summed E-state index contributed by atoms with van der Waals surface area (Å²) in [6.45, 7) is 5.03. The Morgan fingerprint density at radius 3 is 2.44 bits per heavy atom. The van der Waals surface area contributed by atoms with Crippen LogP contribution >= 0.6 is 0 Å². The Balaban J connectivity index is 0.00000225. The number of hydrogen-bond donors (Lipinski definition) is 0. The van der Waals surface area contributed by atoms with Crippen molar-refractivity contribution >= 4 is 5.97 Å². The first-order chi connectivity index (χ1) is 7.18. The molecule has 0 saturated heterocycles. The van der Waals surface area contributed by atoms with Gasteiger partial charge in [-0.1, -0.05) is 19.9 Å². The Kier molecular flexibility index (Phi) is 7.56. The lowest BCUT2D eigenvalue weighted by molar-refractivity contribution is -0.686. The van der Waals surface area contributed by atoms with Gasteiger partial charge in [0.1, 0.15) is 0 Å². The molecule has 0 aliphatic rings. The molecule has 0 N–H and O–H groups in total. The zero-order valence-electron chi connectivity index (χ0n) is 9.73. The van der Waals surface area contributed by atoms with Crippen LogP contribution in [0.3, 0.4) is 0 Å². The summed E-state index contributed by atoms with van der Waals surface area (Å²) in [5.41, 5.74) is 0. The molecule has 0 aromatic carbocycles. The zero-order chi connectivity index (χ0) is 11.1. The van der Waals surface area contributed by atoms with E-state index >= 15 is 0 Å². The van der Waals surface area contributed by atoms with Gasteiger partial charge in [-0.3, -0.25) is 0 Å². The molecule has 0 aliphatic carbocycles. The van der Waals surface area contributed by atoms with Gasteiger partial charge in [0.25, 0.3) is 0 Å². The Bertz CT molecular complexity index is 301. The molecule has 4 heteroatoms. The largest absolute Gasteiger partial charge is 1.00 e. The molecule has 0 aliphatic heterocycles. The van der Waals surface area contributed by atoms with Gasteiger partial charge in [-0.15, -0.1) is 0 Å². The van der Waals surface area contributed by atoms with Gasteiger partial charge in [0.15, 0.2) is 12.4 Å². The van der Waals surface area contributed by atoms with Crippen LogP contribution in [-0.4, -0.2) is 12.6 Å². The second-order valence-electron chi connectivity index (χ2n) is 3.95. The minimum Gasteiger partial charge on any atom is -1.00 e. The molecule has 0 radical (unpaired) electrons. The zero-order valence-corrected chi connectivity index (χ0v) is 10.5. The summed E-state index contributed by atoms with van der Waals surface area (Å²) in [5.74, 6) is 0.397. The summed E-state index contributed by atoms with van der Waals surface area (Å²) in [7, 11) is 0. The normalized spacial score (nSPS) is 9.69. The van der Waals surface area contributed by atoms with Crippen LogP contribution in [0.15, 0.2) is 30.6 Å². The molecule has 1 heterocycles. The third-order valence-corrected chi connectivity index (χ3v) is 2.05. The lowest BCUT2D eigenvalue weighted by Gasteiger charge is -2.04. The standard InChI is InChI=1S/C12H18NO2.ClH/c1-11(2)6-9-15-12(14)10-13-7-4-3-5-8-13;/h3-5,7-8,11H,6,9-10H2,1-2H3;1H/q+1;/p-1. The van der Waals surface area contributed by atoms with Crippen molar-refractivity contribution in [2.45, 2.75) is 26.8 Å². The minimum atomic E-state index is -0.174. The summed E-state index contributed by atoms with van der Waals surface area (Å²) in [6, 6.07) is 5.70. The monoisotopic (exact) mass is 243 g/mol. The summed E-state index contributed by atoms with van der Waals surface area (Å²) in [5, 5.41) is 0. The van der Waals surface area contributed by atoms with Crippen molar-refractivity contribution in [3.8, 4) is 0 Å². The van der Waals surface area contributed by atoms with Crippen molar-refractivity contribution in [3.05, 3.63) is 30.6 Å². The smallest absolute Gasteiger partial charge is 0.372 e. The number of pyridine rings is 1. The van der Waals surface area contributed by atoms with Crippen molar-refractivity contribution in [2.24, 2.45) is 5.92 Å². The number of esters is 1. The summed E-state index contributed by atoms with van der Waals surface area (Å²) < 4.78 is 6.90. The van der Waals surface area contributed by atoms with Crippen molar-refractivity contribution in [3.63, 3.8) is 0 Å². The van der Waals surface area contributed by atoms with Gasteiger partial charge in [0.2, 0.25) is 6.54 Å². The van der Waals surface area contributed by atoms with Gasteiger partial charge in [0.05, 0.1) is 6.61 Å². The quantitative estimate of drug-likeness (QED) is 0.469. The van der Waals surface area contributed by atoms with Crippen LogP contribution in [0, 0.1) is 5.92 Å². The summed E-state index contributed by atoms with van der Waals surface area (Å²) >= 11 is 0. The summed E-state index contributed by atoms with van der Waals surface area (Å²) in [6.07, 6.45) is 4.62. The highest BCUT2D eigenvalue weighted by Crippen LogP contribution is 1.98. The van der Waals surface area contributed by atoms with Crippen LogP contribution < -0.4 is 17.0 Å². The van der Waals surface area contributed by atoms with Crippen molar-refractivity contribution < 1.29 is 26.5 Å². The molecule has 0 bridgehead atoms. The van der Waals surface area contributed by atoms with Gasteiger partial charge in [-0.25, -0.2) is 4.79 Å². The van der Waals surface area contributed by atoms with Gasteiger partial charge in [0, 0.05) is 12.1 Å². The van der Waals surface area contributed by atoms with E-state index in [0.717, 1.165) is 6.42 Å². The van der Waals surface area contributed by atoms with Gasteiger partial charge < -0.3 is 17.1 Å². The highest BCUT2D eigenvalue weighted by molar-refractivity contribution is 5.67. The van der Waals surface area contributed by atoms with Crippen LogP contribution in [0.25, 0.3) is 0 Å². The molecule has 1 aromatic heterocycles. The van der Waals surface area contributed by atoms with E-state index in [1.807, 2.05) is 30.6 Å². The minimum absolute atomic E-state index is 0. The predicted molar refractivity (Wildman–Crippen MR) is 57.1 cm³/mol. The van der Waals surface area contributed by atoms with Crippen molar-refractivity contribution in [1.29, 1.82) is 0 Å². The molecule has 0 atom stereocenters. The van der Waals surface area contributed by atoms with E-state index in [2.05, 4.69) is 13.8 Å². The number of ether oxygens (including phenoxy) is 1. The first-order valence-electron chi connectivity index (χ1n) is 5.28.